The molecule has 1 N–H and O–H groups in total. The van der Waals surface area contributed by atoms with E-state index in [4.69, 9.17) is 0 Å². The number of hydrogen-bond acceptors (Lipinski definition) is 2. The summed E-state index contributed by atoms with van der Waals surface area (Å²) in [5.74, 6) is 0.509. The summed E-state index contributed by atoms with van der Waals surface area (Å²) in [7, 11) is 4.04. The number of amides is 2. The predicted molar refractivity (Wildman–Crippen MR) is 64.0 cm³/mol. The normalized spacial score (nSPS) is 10.9. The average Bonchev–Trinajstić information content (AvgIpc) is 2.11. The number of hydrogen-bond donors (Lipinski definition) is 1. The van der Waals surface area contributed by atoms with Crippen molar-refractivity contribution in [2.75, 3.05) is 40.3 Å². The van der Waals surface area contributed by atoms with E-state index in [0.717, 1.165) is 19.6 Å². The molecule has 0 aromatic carbocycles. The van der Waals surface area contributed by atoms with E-state index in [1.807, 2.05) is 25.9 Å². The zero-order valence-electron chi connectivity index (χ0n) is 10.7. The molecule has 0 heterocycles. The Hall–Kier alpha value is -0.770. The first kappa shape index (κ1) is 14.2. The first-order chi connectivity index (χ1) is 6.97. The van der Waals surface area contributed by atoms with Gasteiger partial charge in [-0.2, -0.15) is 0 Å². The minimum absolute atomic E-state index is 0.0491. The van der Waals surface area contributed by atoms with Crippen LogP contribution in [0.5, 0.6) is 0 Å². The Balaban J connectivity index is 4.11. The van der Waals surface area contributed by atoms with Crippen LogP contribution in [0.1, 0.15) is 20.8 Å². The van der Waals surface area contributed by atoms with Gasteiger partial charge >= 0.3 is 6.03 Å². The SMILES string of the molecule is CCNC(=O)N(CCN(C)C)CC(C)C. The maximum Gasteiger partial charge on any atom is 0.317 e. The van der Waals surface area contributed by atoms with Crippen molar-refractivity contribution in [1.82, 2.24) is 15.1 Å². The molecule has 0 aliphatic carbocycles. The summed E-state index contributed by atoms with van der Waals surface area (Å²) in [6.45, 7) is 9.40. The number of urea groups is 1. The summed E-state index contributed by atoms with van der Waals surface area (Å²) >= 11 is 0. The summed E-state index contributed by atoms with van der Waals surface area (Å²) in [6.07, 6.45) is 0. The fourth-order valence-corrected chi connectivity index (χ4v) is 1.30. The molecule has 0 atom stereocenters. The van der Waals surface area contributed by atoms with Crippen molar-refractivity contribution in [2.45, 2.75) is 20.8 Å². The molecule has 0 aliphatic rings. The number of nitrogens with one attached hydrogen (secondary N) is 1. The molecule has 4 heteroatoms. The first-order valence-corrected chi connectivity index (χ1v) is 5.64. The maximum atomic E-state index is 11.7. The van der Waals surface area contributed by atoms with Gasteiger partial charge in [0.15, 0.2) is 0 Å². The van der Waals surface area contributed by atoms with Gasteiger partial charge in [0.1, 0.15) is 0 Å². The van der Waals surface area contributed by atoms with Crippen molar-refractivity contribution in [1.29, 1.82) is 0 Å². The molecule has 0 rings (SSSR count). The smallest absolute Gasteiger partial charge is 0.317 e. The predicted octanol–water partition coefficient (Wildman–Crippen LogP) is 1.24. The van der Waals surface area contributed by atoms with E-state index in [9.17, 15) is 4.79 Å². The van der Waals surface area contributed by atoms with E-state index < -0.39 is 0 Å². The molecule has 0 radical (unpaired) electrons. The van der Waals surface area contributed by atoms with E-state index in [1.165, 1.54) is 0 Å². The van der Waals surface area contributed by atoms with E-state index >= 15 is 0 Å². The lowest BCUT2D eigenvalue weighted by molar-refractivity contribution is 0.185. The van der Waals surface area contributed by atoms with Gasteiger partial charge < -0.3 is 15.1 Å². The third kappa shape index (κ3) is 7.19. The molecule has 0 spiro atoms. The second-order valence-corrected chi connectivity index (χ2v) is 4.48. The van der Waals surface area contributed by atoms with Crippen molar-refractivity contribution in [3.63, 3.8) is 0 Å². The maximum absolute atomic E-state index is 11.7. The zero-order valence-corrected chi connectivity index (χ0v) is 10.7. The number of carbonyl (C=O) groups is 1. The van der Waals surface area contributed by atoms with Crippen LogP contribution in [0.4, 0.5) is 4.79 Å². The number of rotatable bonds is 6. The summed E-state index contributed by atoms with van der Waals surface area (Å²) in [6, 6.07) is 0.0491. The van der Waals surface area contributed by atoms with Crippen molar-refractivity contribution >= 4 is 6.03 Å². The molecule has 90 valence electrons. The van der Waals surface area contributed by atoms with Crippen molar-refractivity contribution in [3.05, 3.63) is 0 Å². The summed E-state index contributed by atoms with van der Waals surface area (Å²) in [5, 5.41) is 2.84. The van der Waals surface area contributed by atoms with Crippen LogP contribution in [0.2, 0.25) is 0 Å². The quantitative estimate of drug-likeness (QED) is 0.723. The lowest BCUT2D eigenvalue weighted by Gasteiger charge is -2.26. The van der Waals surface area contributed by atoms with E-state index in [0.29, 0.717) is 12.5 Å². The minimum atomic E-state index is 0.0491. The molecule has 0 fully saturated rings. The van der Waals surface area contributed by atoms with Crippen molar-refractivity contribution < 1.29 is 4.79 Å². The van der Waals surface area contributed by atoms with Gasteiger partial charge in [0.25, 0.3) is 0 Å². The molecule has 0 unspecified atom stereocenters. The molecular weight excluding hydrogens is 190 g/mol. The molecule has 0 saturated heterocycles. The standard InChI is InChI=1S/C11H25N3O/c1-6-12-11(15)14(9-10(2)3)8-7-13(4)5/h10H,6-9H2,1-5H3,(H,12,15). The van der Waals surface area contributed by atoms with Crippen LogP contribution in [0.25, 0.3) is 0 Å². The molecule has 0 aliphatic heterocycles. The number of nitrogens with zero attached hydrogens (tertiary/aromatic N) is 2. The van der Waals surface area contributed by atoms with E-state index in [2.05, 4.69) is 24.1 Å². The largest absolute Gasteiger partial charge is 0.338 e. The lowest BCUT2D eigenvalue weighted by atomic mass is 10.2. The Morgan fingerprint density at radius 3 is 2.27 bits per heavy atom. The molecule has 0 saturated carbocycles. The molecule has 15 heavy (non-hydrogen) atoms. The van der Waals surface area contributed by atoms with Gasteiger partial charge in [-0.05, 0) is 26.9 Å². The first-order valence-electron chi connectivity index (χ1n) is 5.64. The van der Waals surface area contributed by atoms with Gasteiger partial charge in [0, 0.05) is 26.2 Å². The highest BCUT2D eigenvalue weighted by Gasteiger charge is 2.13. The molecule has 4 nitrogen and oxygen atoms in total. The summed E-state index contributed by atoms with van der Waals surface area (Å²) in [4.78, 5) is 15.7. The minimum Gasteiger partial charge on any atom is -0.338 e. The van der Waals surface area contributed by atoms with Crippen LogP contribution in [0.3, 0.4) is 0 Å². The monoisotopic (exact) mass is 215 g/mol. The Bertz CT molecular complexity index is 181. The Kier molecular flexibility index (Phi) is 7.13. The molecule has 0 aromatic heterocycles. The number of carbonyl (C=O) groups excluding carboxylic acids is 1. The van der Waals surface area contributed by atoms with Crippen LogP contribution in [0.15, 0.2) is 0 Å². The second-order valence-electron chi connectivity index (χ2n) is 4.48. The highest BCUT2D eigenvalue weighted by atomic mass is 16.2. The van der Waals surface area contributed by atoms with Crippen LogP contribution >= 0.6 is 0 Å². The van der Waals surface area contributed by atoms with Crippen LogP contribution in [-0.4, -0.2) is 56.1 Å². The Morgan fingerprint density at radius 1 is 1.27 bits per heavy atom. The van der Waals surface area contributed by atoms with Crippen molar-refractivity contribution in [3.8, 4) is 0 Å². The third-order valence-corrected chi connectivity index (χ3v) is 2.02. The van der Waals surface area contributed by atoms with E-state index in [1.54, 1.807) is 0 Å². The third-order valence-electron chi connectivity index (χ3n) is 2.02. The van der Waals surface area contributed by atoms with E-state index in [-0.39, 0.29) is 6.03 Å². The topological polar surface area (TPSA) is 35.6 Å². The van der Waals surface area contributed by atoms with Crippen LogP contribution < -0.4 is 5.32 Å². The highest BCUT2D eigenvalue weighted by molar-refractivity contribution is 5.74. The van der Waals surface area contributed by atoms with Gasteiger partial charge in [-0.25, -0.2) is 4.79 Å². The molecular formula is C11H25N3O. The van der Waals surface area contributed by atoms with Crippen LogP contribution in [0, 0.1) is 5.92 Å². The molecule has 2 amide bonds. The highest BCUT2D eigenvalue weighted by Crippen LogP contribution is 1.99. The molecule has 0 bridgehead atoms. The van der Waals surface area contributed by atoms with Crippen molar-refractivity contribution in [2.24, 2.45) is 5.92 Å². The summed E-state index contributed by atoms with van der Waals surface area (Å²) < 4.78 is 0. The fraction of sp³-hybridized carbons (Fsp3) is 0.909. The Labute approximate surface area is 93.6 Å². The van der Waals surface area contributed by atoms with Crippen LogP contribution in [-0.2, 0) is 0 Å². The fourth-order valence-electron chi connectivity index (χ4n) is 1.30. The van der Waals surface area contributed by atoms with Gasteiger partial charge in [-0.15, -0.1) is 0 Å². The van der Waals surface area contributed by atoms with Gasteiger partial charge in [-0.3, -0.25) is 0 Å². The van der Waals surface area contributed by atoms with Gasteiger partial charge in [0.05, 0.1) is 0 Å². The zero-order chi connectivity index (χ0) is 11.8. The van der Waals surface area contributed by atoms with Gasteiger partial charge in [0.2, 0.25) is 0 Å². The van der Waals surface area contributed by atoms with Gasteiger partial charge in [-0.1, -0.05) is 13.8 Å². The second kappa shape index (κ2) is 7.51. The number of likely N-dealkylation sites (N-methyl/N-ethyl adjacent to an activating group) is 1. The Morgan fingerprint density at radius 2 is 1.87 bits per heavy atom. The molecule has 0 aromatic rings. The summed E-state index contributed by atoms with van der Waals surface area (Å²) in [5.41, 5.74) is 0. The average molecular weight is 215 g/mol. The lowest BCUT2D eigenvalue weighted by Crippen LogP contribution is -2.44.